The van der Waals surface area contributed by atoms with Crippen LogP contribution in [0.3, 0.4) is 0 Å². The van der Waals surface area contributed by atoms with Crippen LogP contribution in [0.2, 0.25) is 0 Å². The molecule has 0 aliphatic carbocycles. The fourth-order valence-corrected chi connectivity index (χ4v) is 4.45. The third kappa shape index (κ3) is 7.50. The lowest BCUT2D eigenvalue weighted by Crippen LogP contribution is -2.46. The van der Waals surface area contributed by atoms with Crippen molar-refractivity contribution in [2.75, 3.05) is 13.2 Å². The van der Waals surface area contributed by atoms with E-state index in [0.717, 1.165) is 29.5 Å². The van der Waals surface area contributed by atoms with E-state index in [1.807, 2.05) is 43.3 Å². The van der Waals surface area contributed by atoms with Crippen molar-refractivity contribution in [3.05, 3.63) is 94.5 Å². The van der Waals surface area contributed by atoms with Crippen LogP contribution in [0.5, 0.6) is 0 Å². The first kappa shape index (κ1) is 27.6. The highest BCUT2D eigenvalue weighted by Crippen LogP contribution is 2.31. The van der Waals surface area contributed by atoms with Gasteiger partial charge in [0.15, 0.2) is 0 Å². The van der Waals surface area contributed by atoms with Crippen LogP contribution in [0.4, 0.5) is 0 Å². The zero-order valence-corrected chi connectivity index (χ0v) is 22.0. The maximum absolute atomic E-state index is 11.4. The fourth-order valence-electron chi connectivity index (χ4n) is 4.45. The van der Waals surface area contributed by atoms with E-state index >= 15 is 0 Å². The van der Waals surface area contributed by atoms with Crippen molar-refractivity contribution in [3.8, 4) is 11.1 Å². The molecule has 2 atom stereocenters. The Morgan fingerprint density at radius 3 is 2.33 bits per heavy atom. The number of rotatable bonds is 12. The topological polar surface area (TPSA) is 78.8 Å². The zero-order valence-electron chi connectivity index (χ0n) is 22.0. The number of hydrogen-bond donors (Lipinski definition) is 3. The third-order valence-corrected chi connectivity index (χ3v) is 6.60. The van der Waals surface area contributed by atoms with Crippen LogP contribution in [-0.4, -0.2) is 41.0 Å². The third-order valence-electron chi connectivity index (χ3n) is 6.60. The molecule has 3 rings (SSSR count). The fraction of sp³-hybridized carbons (Fsp3) is 0.387. The van der Waals surface area contributed by atoms with E-state index in [9.17, 15) is 15.0 Å². The normalized spacial score (nSPS) is 13.4. The molecule has 0 amide bonds. The second-order valence-electron chi connectivity index (χ2n) is 10.2. The summed E-state index contributed by atoms with van der Waals surface area (Å²) >= 11 is 0. The van der Waals surface area contributed by atoms with Gasteiger partial charge < -0.3 is 20.3 Å². The SMILES string of the molecule is CCc1ccc(CC(C)(C)NC[C@@H](O)CO[C@H](C)c2ccccc2-c2ccc(C(=O)O)c(C)c2)cc1. The van der Waals surface area contributed by atoms with Gasteiger partial charge in [-0.15, -0.1) is 0 Å². The second kappa shape index (κ2) is 12.3. The summed E-state index contributed by atoms with van der Waals surface area (Å²) in [6.45, 7) is 10.9. The number of aliphatic hydroxyl groups is 1. The molecule has 0 fully saturated rings. The number of aryl methyl sites for hydroxylation is 2. The van der Waals surface area contributed by atoms with Crippen molar-refractivity contribution in [1.29, 1.82) is 0 Å². The molecular formula is C31H39NO4. The molecule has 0 unspecified atom stereocenters. The van der Waals surface area contributed by atoms with Gasteiger partial charge in [-0.25, -0.2) is 4.79 Å². The molecule has 0 aliphatic rings. The number of hydrogen-bond acceptors (Lipinski definition) is 4. The predicted molar refractivity (Wildman–Crippen MR) is 146 cm³/mol. The van der Waals surface area contributed by atoms with Gasteiger partial charge in [0.1, 0.15) is 0 Å². The van der Waals surface area contributed by atoms with E-state index in [4.69, 9.17) is 4.74 Å². The largest absolute Gasteiger partial charge is 0.478 e. The first-order chi connectivity index (χ1) is 17.1. The van der Waals surface area contributed by atoms with Crippen LogP contribution >= 0.6 is 0 Å². The molecule has 192 valence electrons. The maximum Gasteiger partial charge on any atom is 0.335 e. The Morgan fingerprint density at radius 2 is 1.69 bits per heavy atom. The molecule has 0 aromatic heterocycles. The van der Waals surface area contributed by atoms with E-state index in [1.54, 1.807) is 13.0 Å². The van der Waals surface area contributed by atoms with Gasteiger partial charge in [-0.2, -0.15) is 0 Å². The van der Waals surface area contributed by atoms with E-state index in [0.29, 0.717) is 17.7 Å². The van der Waals surface area contributed by atoms with Crippen molar-refractivity contribution in [2.24, 2.45) is 0 Å². The maximum atomic E-state index is 11.4. The highest BCUT2D eigenvalue weighted by molar-refractivity contribution is 5.90. The number of ether oxygens (including phenoxy) is 1. The average molecular weight is 490 g/mol. The van der Waals surface area contributed by atoms with Gasteiger partial charge in [0.2, 0.25) is 0 Å². The van der Waals surface area contributed by atoms with Crippen LogP contribution < -0.4 is 5.32 Å². The van der Waals surface area contributed by atoms with Gasteiger partial charge in [-0.05, 0) is 80.0 Å². The summed E-state index contributed by atoms with van der Waals surface area (Å²) in [6.07, 6.45) is 1.03. The molecule has 5 heteroatoms. The van der Waals surface area contributed by atoms with Gasteiger partial charge in [0, 0.05) is 12.1 Å². The molecule has 0 aliphatic heterocycles. The van der Waals surface area contributed by atoms with Crippen molar-refractivity contribution >= 4 is 5.97 Å². The first-order valence-corrected chi connectivity index (χ1v) is 12.7. The molecule has 0 radical (unpaired) electrons. The summed E-state index contributed by atoms with van der Waals surface area (Å²) in [5, 5.41) is 23.4. The minimum absolute atomic E-state index is 0.160. The van der Waals surface area contributed by atoms with Crippen molar-refractivity contribution in [3.63, 3.8) is 0 Å². The van der Waals surface area contributed by atoms with Crippen LogP contribution in [-0.2, 0) is 17.6 Å². The number of aliphatic hydroxyl groups excluding tert-OH is 1. The molecule has 3 aromatic carbocycles. The average Bonchev–Trinajstić information content (AvgIpc) is 2.86. The number of nitrogens with one attached hydrogen (secondary N) is 1. The van der Waals surface area contributed by atoms with E-state index in [1.165, 1.54) is 11.1 Å². The Kier molecular flexibility index (Phi) is 9.43. The van der Waals surface area contributed by atoms with Gasteiger partial charge in [-0.3, -0.25) is 0 Å². The number of aromatic carboxylic acids is 1. The summed E-state index contributed by atoms with van der Waals surface area (Å²) in [5.74, 6) is -0.927. The molecule has 0 spiro atoms. The summed E-state index contributed by atoms with van der Waals surface area (Å²) < 4.78 is 6.07. The monoisotopic (exact) mass is 489 g/mol. The zero-order chi connectivity index (χ0) is 26.3. The lowest BCUT2D eigenvalue weighted by molar-refractivity contribution is -0.00397. The first-order valence-electron chi connectivity index (χ1n) is 12.7. The van der Waals surface area contributed by atoms with E-state index in [2.05, 4.69) is 50.4 Å². The summed E-state index contributed by atoms with van der Waals surface area (Å²) in [6, 6.07) is 22.0. The van der Waals surface area contributed by atoms with Crippen molar-refractivity contribution in [2.45, 2.75) is 65.2 Å². The van der Waals surface area contributed by atoms with Crippen LogP contribution in [0.1, 0.15) is 66.4 Å². The highest BCUT2D eigenvalue weighted by Gasteiger charge is 2.20. The Bertz CT molecular complexity index is 1150. The van der Waals surface area contributed by atoms with Crippen LogP contribution in [0.25, 0.3) is 11.1 Å². The van der Waals surface area contributed by atoms with Gasteiger partial charge in [-0.1, -0.05) is 67.6 Å². The molecule has 0 bridgehead atoms. The number of carboxylic acids is 1. The number of benzene rings is 3. The molecular weight excluding hydrogens is 450 g/mol. The lowest BCUT2D eigenvalue weighted by Gasteiger charge is -2.28. The summed E-state index contributed by atoms with van der Waals surface area (Å²) in [7, 11) is 0. The number of β-amino-alcohol motifs (C(OH)–C–C–N with tert-alkyl or cyclic N) is 1. The smallest absolute Gasteiger partial charge is 0.335 e. The molecule has 36 heavy (non-hydrogen) atoms. The highest BCUT2D eigenvalue weighted by atomic mass is 16.5. The number of carboxylic acid groups (broad SMARTS) is 1. The van der Waals surface area contributed by atoms with E-state index < -0.39 is 12.1 Å². The summed E-state index contributed by atoms with van der Waals surface area (Å²) in [4.78, 5) is 11.4. The van der Waals surface area contributed by atoms with Crippen LogP contribution in [0.15, 0.2) is 66.7 Å². The quantitative estimate of drug-likeness (QED) is 0.292. The molecule has 0 saturated carbocycles. The van der Waals surface area contributed by atoms with Crippen molar-refractivity contribution in [1.82, 2.24) is 5.32 Å². The lowest BCUT2D eigenvalue weighted by atomic mass is 9.94. The van der Waals surface area contributed by atoms with E-state index in [-0.39, 0.29) is 18.2 Å². The van der Waals surface area contributed by atoms with Crippen molar-refractivity contribution < 1.29 is 19.7 Å². The molecule has 0 saturated heterocycles. The minimum atomic E-state index is -0.927. The predicted octanol–water partition coefficient (Wildman–Crippen LogP) is 5.97. The molecule has 0 heterocycles. The van der Waals surface area contributed by atoms with Gasteiger partial charge in [0.05, 0.1) is 24.4 Å². The summed E-state index contributed by atoms with van der Waals surface area (Å²) in [5.41, 5.74) is 6.40. The Morgan fingerprint density at radius 1 is 1.03 bits per heavy atom. The molecule has 3 N–H and O–H groups in total. The standard InChI is InChI=1S/C31H39NO4/c1-6-23-11-13-24(14-12-23)18-31(4,5)32-19-26(33)20-36-22(3)28-9-7-8-10-29(28)25-15-16-27(30(34)35)21(2)17-25/h7-17,22,26,32-33H,6,18-20H2,1-5H3,(H,34,35)/t22-,26-/m1/s1. The Balaban J connectivity index is 1.57. The van der Waals surface area contributed by atoms with Crippen LogP contribution in [0, 0.1) is 6.92 Å². The Labute approximate surface area is 215 Å². The molecule has 5 nitrogen and oxygen atoms in total. The minimum Gasteiger partial charge on any atom is -0.478 e. The second-order valence-corrected chi connectivity index (χ2v) is 10.2. The van der Waals surface area contributed by atoms with Gasteiger partial charge in [0.25, 0.3) is 0 Å². The van der Waals surface area contributed by atoms with Gasteiger partial charge >= 0.3 is 5.97 Å². The number of carbonyl (C=O) groups is 1. The molecule has 3 aromatic rings. The Hall–Kier alpha value is -2.99.